The maximum absolute atomic E-state index is 5.59. The van der Waals surface area contributed by atoms with E-state index in [9.17, 15) is 0 Å². The van der Waals surface area contributed by atoms with Gasteiger partial charge in [0.15, 0.2) is 5.75 Å². The number of hydrogen-bond acceptors (Lipinski definition) is 3. The van der Waals surface area contributed by atoms with Gasteiger partial charge in [-0.2, -0.15) is 5.10 Å². The maximum Gasteiger partial charge on any atom is 0.157 e. The molecule has 1 fully saturated rings. The Bertz CT molecular complexity index is 255. The molecule has 12 heavy (non-hydrogen) atoms. The standard InChI is InChI=1S/C8H13N3O/c1-2-11-6-8(5-10-11)12-7-3-9-4-7/h5-7,9H,2-4H2,1H3. The second-order valence-electron chi connectivity index (χ2n) is 2.93. The smallest absolute Gasteiger partial charge is 0.157 e. The molecule has 4 heteroatoms. The lowest BCUT2D eigenvalue weighted by atomic mass is 10.2. The highest BCUT2D eigenvalue weighted by atomic mass is 16.5. The van der Waals surface area contributed by atoms with E-state index < -0.39 is 0 Å². The first-order valence-electron chi connectivity index (χ1n) is 4.28. The van der Waals surface area contributed by atoms with E-state index in [0.29, 0.717) is 6.10 Å². The van der Waals surface area contributed by atoms with Gasteiger partial charge in [0, 0.05) is 19.6 Å². The Balaban J connectivity index is 1.93. The maximum atomic E-state index is 5.59. The number of hydrogen-bond donors (Lipinski definition) is 1. The van der Waals surface area contributed by atoms with Crippen molar-refractivity contribution in [3.63, 3.8) is 0 Å². The van der Waals surface area contributed by atoms with Crippen molar-refractivity contribution in [2.24, 2.45) is 0 Å². The van der Waals surface area contributed by atoms with E-state index in [2.05, 4.69) is 17.3 Å². The van der Waals surface area contributed by atoms with Gasteiger partial charge in [0.1, 0.15) is 6.10 Å². The van der Waals surface area contributed by atoms with Gasteiger partial charge in [-0.15, -0.1) is 0 Å². The fourth-order valence-corrected chi connectivity index (χ4v) is 1.12. The van der Waals surface area contributed by atoms with Crippen molar-refractivity contribution in [3.8, 4) is 5.75 Å². The van der Waals surface area contributed by atoms with Crippen LogP contribution in [0.3, 0.4) is 0 Å². The summed E-state index contributed by atoms with van der Waals surface area (Å²) >= 11 is 0. The number of nitrogens with zero attached hydrogens (tertiary/aromatic N) is 2. The van der Waals surface area contributed by atoms with Crippen LogP contribution in [0, 0.1) is 0 Å². The molecule has 0 bridgehead atoms. The highest BCUT2D eigenvalue weighted by molar-refractivity contribution is 5.12. The van der Waals surface area contributed by atoms with Gasteiger partial charge in [0.2, 0.25) is 0 Å². The fourth-order valence-electron chi connectivity index (χ4n) is 1.12. The van der Waals surface area contributed by atoms with Gasteiger partial charge in [0.25, 0.3) is 0 Å². The summed E-state index contributed by atoms with van der Waals surface area (Å²) in [5.74, 6) is 0.878. The van der Waals surface area contributed by atoms with Crippen LogP contribution >= 0.6 is 0 Å². The average molecular weight is 167 g/mol. The lowest BCUT2D eigenvalue weighted by Gasteiger charge is -2.26. The monoisotopic (exact) mass is 167 g/mol. The molecule has 0 aliphatic carbocycles. The summed E-state index contributed by atoms with van der Waals surface area (Å²) in [4.78, 5) is 0. The molecule has 4 nitrogen and oxygen atoms in total. The van der Waals surface area contributed by atoms with E-state index in [1.165, 1.54) is 0 Å². The minimum absolute atomic E-state index is 0.347. The van der Waals surface area contributed by atoms with Crippen LogP contribution in [0.25, 0.3) is 0 Å². The molecule has 1 saturated heterocycles. The van der Waals surface area contributed by atoms with Gasteiger partial charge in [-0.25, -0.2) is 0 Å². The summed E-state index contributed by atoms with van der Waals surface area (Å²) in [5.41, 5.74) is 0. The van der Waals surface area contributed by atoms with Gasteiger partial charge >= 0.3 is 0 Å². The van der Waals surface area contributed by atoms with Crippen LogP contribution < -0.4 is 10.1 Å². The fraction of sp³-hybridized carbons (Fsp3) is 0.625. The molecule has 2 rings (SSSR count). The lowest BCUT2D eigenvalue weighted by molar-refractivity contribution is 0.142. The minimum atomic E-state index is 0.347. The third-order valence-corrected chi connectivity index (χ3v) is 1.98. The van der Waals surface area contributed by atoms with Gasteiger partial charge < -0.3 is 10.1 Å². The zero-order valence-electron chi connectivity index (χ0n) is 7.16. The molecule has 0 aromatic carbocycles. The molecular formula is C8H13N3O. The first kappa shape index (κ1) is 7.61. The Kier molecular flexibility index (Phi) is 1.99. The molecule has 1 aliphatic heterocycles. The first-order valence-corrected chi connectivity index (χ1v) is 4.28. The van der Waals surface area contributed by atoms with E-state index in [0.717, 1.165) is 25.4 Å². The zero-order valence-corrected chi connectivity index (χ0v) is 7.16. The molecular weight excluding hydrogens is 154 g/mol. The SMILES string of the molecule is CCn1cc(OC2CNC2)cn1. The number of ether oxygens (including phenoxy) is 1. The Hall–Kier alpha value is -1.03. The van der Waals surface area contributed by atoms with Crippen LogP contribution in [0.5, 0.6) is 5.75 Å². The minimum Gasteiger partial charge on any atom is -0.484 e. The molecule has 2 heterocycles. The summed E-state index contributed by atoms with van der Waals surface area (Å²) in [6, 6.07) is 0. The molecule has 1 aromatic heterocycles. The summed E-state index contributed by atoms with van der Waals surface area (Å²) in [5, 5.41) is 7.27. The molecule has 0 spiro atoms. The predicted octanol–water partition coefficient (Wildman–Crippen LogP) is 0.254. The van der Waals surface area contributed by atoms with Crippen LogP contribution in [-0.4, -0.2) is 29.0 Å². The van der Waals surface area contributed by atoms with Crippen molar-refractivity contribution >= 4 is 0 Å². The van der Waals surface area contributed by atoms with Gasteiger partial charge in [-0.05, 0) is 6.92 Å². The van der Waals surface area contributed by atoms with Crippen molar-refractivity contribution < 1.29 is 4.74 Å². The van der Waals surface area contributed by atoms with Crippen molar-refractivity contribution in [2.45, 2.75) is 19.6 Å². The molecule has 1 N–H and O–H groups in total. The molecule has 1 aliphatic rings. The number of rotatable bonds is 3. The number of nitrogens with one attached hydrogen (secondary N) is 1. The molecule has 0 atom stereocenters. The topological polar surface area (TPSA) is 39.1 Å². The van der Waals surface area contributed by atoms with Crippen molar-refractivity contribution in [2.75, 3.05) is 13.1 Å². The highest BCUT2D eigenvalue weighted by Gasteiger charge is 2.18. The summed E-state index contributed by atoms with van der Waals surface area (Å²) in [6.45, 7) is 4.86. The van der Waals surface area contributed by atoms with Gasteiger partial charge in [0.05, 0.1) is 12.4 Å². The van der Waals surface area contributed by atoms with Crippen LogP contribution in [0.4, 0.5) is 0 Å². The Morgan fingerprint density at radius 2 is 2.58 bits per heavy atom. The van der Waals surface area contributed by atoms with Gasteiger partial charge in [-0.1, -0.05) is 0 Å². The number of aryl methyl sites for hydroxylation is 1. The van der Waals surface area contributed by atoms with Crippen LogP contribution in [-0.2, 0) is 6.54 Å². The second-order valence-corrected chi connectivity index (χ2v) is 2.93. The van der Waals surface area contributed by atoms with E-state index in [-0.39, 0.29) is 0 Å². The quantitative estimate of drug-likeness (QED) is 0.701. The summed E-state index contributed by atoms with van der Waals surface area (Å²) in [6.07, 6.45) is 4.04. The summed E-state index contributed by atoms with van der Waals surface area (Å²) in [7, 11) is 0. The van der Waals surface area contributed by atoms with E-state index in [1.807, 2.05) is 10.9 Å². The largest absolute Gasteiger partial charge is 0.484 e. The van der Waals surface area contributed by atoms with Crippen LogP contribution in [0.2, 0.25) is 0 Å². The molecule has 66 valence electrons. The molecule has 0 radical (unpaired) electrons. The van der Waals surface area contributed by atoms with Crippen molar-refractivity contribution in [1.82, 2.24) is 15.1 Å². The summed E-state index contributed by atoms with van der Waals surface area (Å²) < 4.78 is 7.45. The van der Waals surface area contributed by atoms with Crippen molar-refractivity contribution in [3.05, 3.63) is 12.4 Å². The van der Waals surface area contributed by atoms with Gasteiger partial charge in [-0.3, -0.25) is 4.68 Å². The average Bonchev–Trinajstić information content (AvgIpc) is 2.44. The van der Waals surface area contributed by atoms with E-state index in [4.69, 9.17) is 4.74 Å². The first-order chi connectivity index (χ1) is 5.88. The predicted molar refractivity (Wildman–Crippen MR) is 45.2 cm³/mol. The Morgan fingerprint density at radius 1 is 1.75 bits per heavy atom. The molecule has 0 saturated carbocycles. The van der Waals surface area contributed by atoms with E-state index >= 15 is 0 Å². The Labute approximate surface area is 71.5 Å². The second kappa shape index (κ2) is 3.15. The Morgan fingerprint density at radius 3 is 3.08 bits per heavy atom. The normalized spacial score (nSPS) is 17.4. The lowest BCUT2D eigenvalue weighted by Crippen LogP contribution is -2.50. The molecule has 0 amide bonds. The molecule has 1 aromatic rings. The third-order valence-electron chi connectivity index (χ3n) is 1.98. The van der Waals surface area contributed by atoms with Crippen LogP contribution in [0.15, 0.2) is 12.4 Å². The highest BCUT2D eigenvalue weighted by Crippen LogP contribution is 2.11. The van der Waals surface area contributed by atoms with Crippen molar-refractivity contribution in [1.29, 1.82) is 0 Å². The number of aromatic nitrogens is 2. The zero-order chi connectivity index (χ0) is 8.39. The van der Waals surface area contributed by atoms with E-state index in [1.54, 1.807) is 6.20 Å². The third kappa shape index (κ3) is 1.43. The molecule has 0 unspecified atom stereocenters. The van der Waals surface area contributed by atoms with Crippen LogP contribution in [0.1, 0.15) is 6.92 Å².